The van der Waals surface area contributed by atoms with Gasteiger partial charge in [-0.15, -0.1) is 11.3 Å². The maximum Gasteiger partial charge on any atom is 0.242 e. The molecule has 2 unspecified atom stereocenters. The Morgan fingerprint density at radius 2 is 2.21 bits per heavy atom. The van der Waals surface area contributed by atoms with Gasteiger partial charge in [0.25, 0.3) is 0 Å². The third kappa shape index (κ3) is 3.37. The molecule has 2 rings (SSSR count). The predicted molar refractivity (Wildman–Crippen MR) is 76.7 cm³/mol. The molecule has 2 atom stereocenters. The number of aliphatic hydroxyl groups is 1. The van der Waals surface area contributed by atoms with Gasteiger partial charge in [-0.3, -0.25) is 0 Å². The van der Waals surface area contributed by atoms with E-state index in [-0.39, 0.29) is 17.5 Å². The van der Waals surface area contributed by atoms with E-state index >= 15 is 0 Å². The van der Waals surface area contributed by atoms with Crippen LogP contribution < -0.4 is 4.72 Å². The summed E-state index contributed by atoms with van der Waals surface area (Å²) >= 11 is 1.30. The number of aliphatic hydroxyl groups excluding tert-OH is 1. The Morgan fingerprint density at radius 1 is 1.47 bits per heavy atom. The van der Waals surface area contributed by atoms with Crippen LogP contribution in [-0.2, 0) is 16.6 Å². The van der Waals surface area contributed by atoms with Gasteiger partial charge in [-0.1, -0.05) is 19.8 Å². The van der Waals surface area contributed by atoms with Crippen molar-refractivity contribution in [3.63, 3.8) is 0 Å². The number of nitrogens with one attached hydrogen (secondary N) is 1. The second kappa shape index (κ2) is 5.91. The number of aryl methyl sites for hydroxylation is 1. The molecule has 1 aliphatic carbocycles. The molecule has 0 spiro atoms. The van der Waals surface area contributed by atoms with Crippen LogP contribution in [0.15, 0.2) is 10.3 Å². The summed E-state index contributed by atoms with van der Waals surface area (Å²) in [4.78, 5) is 0.798. The van der Waals surface area contributed by atoms with E-state index in [2.05, 4.69) is 11.6 Å². The Kier molecular flexibility index (Phi) is 4.66. The van der Waals surface area contributed by atoms with Crippen LogP contribution in [0.1, 0.15) is 43.0 Å². The van der Waals surface area contributed by atoms with Gasteiger partial charge in [-0.05, 0) is 36.6 Å². The number of sulfonamides is 1. The Balaban J connectivity index is 2.20. The summed E-state index contributed by atoms with van der Waals surface area (Å²) in [6.45, 7) is 3.71. The lowest BCUT2D eigenvalue weighted by Gasteiger charge is -2.27. The molecular weight excluding hydrogens is 282 g/mol. The minimum atomic E-state index is -3.51. The Hall–Kier alpha value is -0.430. The van der Waals surface area contributed by atoms with Gasteiger partial charge in [-0.25, -0.2) is 13.1 Å². The summed E-state index contributed by atoms with van der Waals surface area (Å²) in [6, 6.07) is 0.0274. The third-order valence-electron chi connectivity index (χ3n) is 3.66. The minimum absolute atomic E-state index is 0.0274. The van der Waals surface area contributed by atoms with Gasteiger partial charge in [0.05, 0.1) is 11.5 Å². The highest BCUT2D eigenvalue weighted by Gasteiger charge is 2.28. The van der Waals surface area contributed by atoms with Crippen molar-refractivity contribution in [2.75, 3.05) is 0 Å². The van der Waals surface area contributed by atoms with E-state index in [1.54, 1.807) is 12.3 Å². The van der Waals surface area contributed by atoms with E-state index in [1.165, 1.54) is 17.8 Å². The normalized spacial score (nSPS) is 24.6. The van der Waals surface area contributed by atoms with Crippen molar-refractivity contribution in [1.29, 1.82) is 0 Å². The molecule has 0 amide bonds. The van der Waals surface area contributed by atoms with E-state index in [0.717, 1.165) is 19.3 Å². The fourth-order valence-electron chi connectivity index (χ4n) is 2.78. The molecule has 1 saturated carbocycles. The number of rotatable bonds is 4. The van der Waals surface area contributed by atoms with Crippen LogP contribution in [-0.4, -0.2) is 19.6 Å². The van der Waals surface area contributed by atoms with Gasteiger partial charge in [0.1, 0.15) is 4.90 Å². The monoisotopic (exact) mass is 303 g/mol. The second-order valence-corrected chi connectivity index (χ2v) is 8.03. The van der Waals surface area contributed by atoms with Gasteiger partial charge in [-0.2, -0.15) is 0 Å². The first-order valence-electron chi connectivity index (χ1n) is 6.64. The first-order valence-corrected chi connectivity index (χ1v) is 9.00. The predicted octanol–water partition coefficient (Wildman–Crippen LogP) is 2.41. The van der Waals surface area contributed by atoms with Crippen LogP contribution in [0, 0.1) is 12.8 Å². The van der Waals surface area contributed by atoms with Crippen molar-refractivity contribution >= 4 is 21.4 Å². The first-order chi connectivity index (χ1) is 8.94. The average molecular weight is 303 g/mol. The SMILES string of the molecule is Cc1csc(CO)c1S(=O)(=O)NC1CCCC(C)C1. The summed E-state index contributed by atoms with van der Waals surface area (Å²) in [5.74, 6) is 0.572. The van der Waals surface area contributed by atoms with Crippen molar-refractivity contribution < 1.29 is 13.5 Å². The fourth-order valence-corrected chi connectivity index (χ4v) is 5.72. The van der Waals surface area contributed by atoms with Crippen molar-refractivity contribution in [3.8, 4) is 0 Å². The van der Waals surface area contributed by atoms with E-state index in [1.807, 2.05) is 0 Å². The third-order valence-corrected chi connectivity index (χ3v) is 6.63. The van der Waals surface area contributed by atoms with Crippen molar-refractivity contribution in [2.45, 2.75) is 57.1 Å². The molecule has 1 aromatic heterocycles. The highest BCUT2D eigenvalue weighted by atomic mass is 32.2. The largest absolute Gasteiger partial charge is 0.391 e. The van der Waals surface area contributed by atoms with Crippen molar-refractivity contribution in [1.82, 2.24) is 4.72 Å². The van der Waals surface area contributed by atoms with E-state index in [4.69, 9.17) is 0 Å². The number of thiophene rings is 1. The van der Waals surface area contributed by atoms with Crippen LogP contribution in [0.4, 0.5) is 0 Å². The molecule has 1 aliphatic rings. The molecule has 6 heteroatoms. The molecule has 4 nitrogen and oxygen atoms in total. The fraction of sp³-hybridized carbons (Fsp3) is 0.692. The number of hydrogen-bond acceptors (Lipinski definition) is 4. The minimum Gasteiger partial charge on any atom is -0.391 e. The summed E-state index contributed by atoms with van der Waals surface area (Å²) in [5.41, 5.74) is 0.713. The summed E-state index contributed by atoms with van der Waals surface area (Å²) in [5, 5.41) is 11.0. The standard InChI is InChI=1S/C13H21NO3S2/c1-9-4-3-5-11(6-9)14-19(16,17)13-10(2)8-18-12(13)7-15/h8-9,11,14-15H,3-7H2,1-2H3. The van der Waals surface area contributed by atoms with Gasteiger partial charge in [0.15, 0.2) is 0 Å². The molecule has 0 aromatic carbocycles. The first kappa shape index (κ1) is 15.0. The van der Waals surface area contributed by atoms with Crippen LogP contribution in [0.3, 0.4) is 0 Å². The molecule has 2 N–H and O–H groups in total. The lowest BCUT2D eigenvalue weighted by atomic mass is 9.88. The summed E-state index contributed by atoms with van der Waals surface area (Å²) in [6.07, 6.45) is 4.06. The zero-order chi connectivity index (χ0) is 14.0. The molecule has 0 aliphatic heterocycles. The molecule has 1 fully saturated rings. The summed E-state index contributed by atoms with van der Waals surface area (Å²) in [7, 11) is -3.51. The van der Waals surface area contributed by atoms with Crippen molar-refractivity contribution in [2.24, 2.45) is 5.92 Å². The molecule has 108 valence electrons. The Labute approximate surface area is 118 Å². The molecule has 19 heavy (non-hydrogen) atoms. The van der Waals surface area contributed by atoms with Gasteiger partial charge in [0, 0.05) is 6.04 Å². The smallest absolute Gasteiger partial charge is 0.242 e. The quantitative estimate of drug-likeness (QED) is 0.897. The van der Waals surface area contributed by atoms with Gasteiger partial charge < -0.3 is 5.11 Å². The topological polar surface area (TPSA) is 66.4 Å². The van der Waals surface area contributed by atoms with Gasteiger partial charge >= 0.3 is 0 Å². The van der Waals surface area contributed by atoms with Crippen LogP contribution in [0.2, 0.25) is 0 Å². The zero-order valence-corrected chi connectivity index (χ0v) is 13.0. The summed E-state index contributed by atoms with van der Waals surface area (Å²) < 4.78 is 27.7. The molecular formula is C13H21NO3S2. The average Bonchev–Trinajstić information content (AvgIpc) is 2.70. The van der Waals surface area contributed by atoms with E-state index in [0.29, 0.717) is 16.4 Å². The lowest BCUT2D eigenvalue weighted by Crippen LogP contribution is -2.38. The van der Waals surface area contributed by atoms with Crippen LogP contribution in [0.25, 0.3) is 0 Å². The highest BCUT2D eigenvalue weighted by molar-refractivity contribution is 7.89. The molecule has 0 saturated heterocycles. The zero-order valence-electron chi connectivity index (χ0n) is 11.3. The Bertz CT molecular complexity index is 536. The van der Waals surface area contributed by atoms with Gasteiger partial charge in [0.2, 0.25) is 10.0 Å². The van der Waals surface area contributed by atoms with E-state index < -0.39 is 10.0 Å². The molecule has 0 radical (unpaired) electrons. The lowest BCUT2D eigenvalue weighted by molar-refractivity contribution is 0.282. The molecule has 0 bridgehead atoms. The maximum absolute atomic E-state index is 12.5. The number of hydrogen-bond donors (Lipinski definition) is 2. The highest BCUT2D eigenvalue weighted by Crippen LogP contribution is 2.29. The van der Waals surface area contributed by atoms with Crippen LogP contribution >= 0.6 is 11.3 Å². The molecule has 1 heterocycles. The van der Waals surface area contributed by atoms with Crippen molar-refractivity contribution in [3.05, 3.63) is 15.8 Å². The second-order valence-electron chi connectivity index (χ2n) is 5.42. The molecule has 1 aromatic rings. The maximum atomic E-state index is 12.5. The Morgan fingerprint density at radius 3 is 2.84 bits per heavy atom. The van der Waals surface area contributed by atoms with E-state index in [9.17, 15) is 13.5 Å². The van der Waals surface area contributed by atoms with Crippen LogP contribution in [0.5, 0.6) is 0 Å².